The monoisotopic (exact) mass is 210 g/mol. The zero-order chi connectivity index (χ0) is 11.1. The molecule has 0 heterocycles. The lowest BCUT2D eigenvalue weighted by Gasteiger charge is -2.33. The zero-order valence-corrected chi connectivity index (χ0v) is 6.76. The highest BCUT2D eigenvalue weighted by atomic mass is 19.3. The summed E-state index contributed by atoms with van der Waals surface area (Å²) >= 11 is 0. The number of halogens is 2. The molecule has 0 aromatic carbocycles. The van der Waals surface area contributed by atoms with Gasteiger partial charge < -0.3 is 20.4 Å². The molecule has 0 spiro atoms. The molecule has 3 atom stereocenters. The van der Waals surface area contributed by atoms with E-state index in [1.165, 1.54) is 0 Å². The first-order chi connectivity index (χ1) is 6.28. The highest BCUT2D eigenvalue weighted by Gasteiger charge is 2.53. The van der Waals surface area contributed by atoms with Gasteiger partial charge in [0.05, 0.1) is 0 Å². The van der Waals surface area contributed by atoms with Crippen molar-refractivity contribution in [3.63, 3.8) is 0 Å². The van der Waals surface area contributed by atoms with E-state index in [4.69, 9.17) is 20.4 Å². The summed E-state index contributed by atoms with van der Waals surface area (Å²) in [5.41, 5.74) is -1.41. The van der Waals surface area contributed by atoms with Crippen LogP contribution in [0.15, 0.2) is 11.6 Å². The molecular weight excluding hydrogens is 202 g/mol. The standard InChI is InChI=1S/C7H8F2O5/c8-7(9)2(6(13)14)1-3(10)4(11)5(7)12/h1,3-5,10-12H,(H,13,14). The van der Waals surface area contributed by atoms with Gasteiger partial charge in [-0.25, -0.2) is 4.79 Å². The second kappa shape index (κ2) is 3.26. The van der Waals surface area contributed by atoms with E-state index < -0.39 is 35.8 Å². The third-order valence-corrected chi connectivity index (χ3v) is 1.97. The minimum atomic E-state index is -4.06. The number of carbonyl (C=O) groups is 1. The summed E-state index contributed by atoms with van der Waals surface area (Å²) in [6.07, 6.45) is -6.20. The Hall–Kier alpha value is -1.05. The zero-order valence-electron chi connectivity index (χ0n) is 6.76. The predicted octanol–water partition coefficient (Wildman–Crippen LogP) is -1.27. The molecule has 80 valence electrons. The molecule has 0 bridgehead atoms. The average Bonchev–Trinajstić information content (AvgIpc) is 2.08. The molecule has 0 fully saturated rings. The minimum Gasteiger partial charge on any atom is -0.478 e. The maximum Gasteiger partial charge on any atom is 0.337 e. The highest BCUT2D eigenvalue weighted by Crippen LogP contribution is 2.35. The maximum atomic E-state index is 13.0. The molecule has 1 aliphatic rings. The highest BCUT2D eigenvalue weighted by molar-refractivity contribution is 5.89. The smallest absolute Gasteiger partial charge is 0.337 e. The Labute approximate surface area is 76.9 Å². The molecule has 0 radical (unpaired) electrons. The first kappa shape index (κ1) is 11.0. The van der Waals surface area contributed by atoms with Gasteiger partial charge in [-0.3, -0.25) is 0 Å². The van der Waals surface area contributed by atoms with E-state index in [2.05, 4.69) is 0 Å². The van der Waals surface area contributed by atoms with Crippen LogP contribution in [0.25, 0.3) is 0 Å². The Balaban J connectivity index is 3.16. The largest absolute Gasteiger partial charge is 0.478 e. The third-order valence-electron chi connectivity index (χ3n) is 1.97. The van der Waals surface area contributed by atoms with Crippen molar-refractivity contribution in [1.82, 2.24) is 0 Å². The van der Waals surface area contributed by atoms with E-state index >= 15 is 0 Å². The molecule has 1 rings (SSSR count). The van der Waals surface area contributed by atoms with Crippen molar-refractivity contribution >= 4 is 5.97 Å². The van der Waals surface area contributed by atoms with Crippen LogP contribution >= 0.6 is 0 Å². The average molecular weight is 210 g/mol. The number of aliphatic hydroxyl groups excluding tert-OH is 3. The summed E-state index contributed by atoms with van der Waals surface area (Å²) in [7, 11) is 0. The summed E-state index contributed by atoms with van der Waals surface area (Å²) < 4.78 is 25.9. The van der Waals surface area contributed by atoms with Crippen molar-refractivity contribution in [3.8, 4) is 0 Å². The Morgan fingerprint density at radius 3 is 2.29 bits per heavy atom. The normalized spacial score (nSPS) is 36.4. The first-order valence-corrected chi connectivity index (χ1v) is 3.66. The number of carboxylic acid groups (broad SMARTS) is 1. The molecule has 7 heteroatoms. The number of hydrogen-bond donors (Lipinski definition) is 4. The summed E-state index contributed by atoms with van der Waals surface area (Å²) in [6, 6.07) is 0. The molecule has 0 aliphatic heterocycles. The number of hydrogen-bond acceptors (Lipinski definition) is 4. The molecule has 4 N–H and O–H groups in total. The Morgan fingerprint density at radius 1 is 1.36 bits per heavy atom. The fourth-order valence-corrected chi connectivity index (χ4v) is 1.15. The maximum absolute atomic E-state index is 13.0. The van der Waals surface area contributed by atoms with Crippen LogP contribution in [0.5, 0.6) is 0 Å². The van der Waals surface area contributed by atoms with Gasteiger partial charge in [0.1, 0.15) is 17.8 Å². The van der Waals surface area contributed by atoms with E-state index in [1.807, 2.05) is 0 Å². The van der Waals surface area contributed by atoms with Crippen molar-refractivity contribution in [3.05, 3.63) is 11.6 Å². The summed E-state index contributed by atoms with van der Waals surface area (Å²) in [4.78, 5) is 10.3. The van der Waals surface area contributed by atoms with Crippen molar-refractivity contribution < 1.29 is 34.0 Å². The topological polar surface area (TPSA) is 98.0 Å². The van der Waals surface area contributed by atoms with E-state index in [1.54, 1.807) is 0 Å². The van der Waals surface area contributed by atoms with Gasteiger partial charge in [0.15, 0.2) is 6.10 Å². The van der Waals surface area contributed by atoms with Crippen LogP contribution in [0.4, 0.5) is 8.78 Å². The number of alkyl halides is 2. The minimum absolute atomic E-state index is 0.319. The lowest BCUT2D eigenvalue weighted by Crippen LogP contribution is -2.53. The number of rotatable bonds is 1. The van der Waals surface area contributed by atoms with Crippen LogP contribution in [0.2, 0.25) is 0 Å². The number of aliphatic hydroxyl groups is 3. The molecule has 1 aliphatic carbocycles. The SMILES string of the molecule is O=C(O)C1=CC(O)C(O)C(O)C1(F)F. The number of carboxylic acids is 1. The fraction of sp³-hybridized carbons (Fsp3) is 0.571. The summed E-state index contributed by atoms with van der Waals surface area (Å²) in [5.74, 6) is -6.01. The molecular formula is C7H8F2O5. The van der Waals surface area contributed by atoms with Crippen LogP contribution in [0.1, 0.15) is 0 Å². The van der Waals surface area contributed by atoms with Gasteiger partial charge in [-0.2, -0.15) is 8.78 Å². The summed E-state index contributed by atoms with van der Waals surface area (Å²) in [5, 5.41) is 35.0. The van der Waals surface area contributed by atoms with Gasteiger partial charge >= 0.3 is 11.9 Å². The second-order valence-electron chi connectivity index (χ2n) is 2.93. The quantitative estimate of drug-likeness (QED) is 0.432. The van der Waals surface area contributed by atoms with Crippen LogP contribution in [0, 0.1) is 0 Å². The fourth-order valence-electron chi connectivity index (χ4n) is 1.15. The van der Waals surface area contributed by atoms with Crippen molar-refractivity contribution in [2.75, 3.05) is 0 Å². The molecule has 0 amide bonds. The van der Waals surface area contributed by atoms with E-state index in [0.29, 0.717) is 6.08 Å². The van der Waals surface area contributed by atoms with Crippen molar-refractivity contribution in [2.45, 2.75) is 24.2 Å². The lowest BCUT2D eigenvalue weighted by atomic mass is 9.88. The third kappa shape index (κ3) is 1.49. The first-order valence-electron chi connectivity index (χ1n) is 3.66. The van der Waals surface area contributed by atoms with Crippen LogP contribution in [-0.2, 0) is 4.79 Å². The molecule has 14 heavy (non-hydrogen) atoms. The van der Waals surface area contributed by atoms with Gasteiger partial charge in [0.2, 0.25) is 0 Å². The molecule has 3 unspecified atom stereocenters. The van der Waals surface area contributed by atoms with E-state index in [-0.39, 0.29) is 0 Å². The van der Waals surface area contributed by atoms with Crippen LogP contribution in [0.3, 0.4) is 0 Å². The van der Waals surface area contributed by atoms with Gasteiger partial charge in [-0.05, 0) is 6.08 Å². The lowest BCUT2D eigenvalue weighted by molar-refractivity contribution is -0.169. The van der Waals surface area contributed by atoms with Gasteiger partial charge in [0, 0.05) is 0 Å². The van der Waals surface area contributed by atoms with E-state index in [9.17, 15) is 13.6 Å². The molecule has 0 aromatic heterocycles. The Morgan fingerprint density at radius 2 is 1.86 bits per heavy atom. The predicted molar refractivity (Wildman–Crippen MR) is 38.7 cm³/mol. The summed E-state index contributed by atoms with van der Waals surface area (Å²) in [6.45, 7) is 0. The number of aliphatic carboxylic acids is 1. The Kier molecular flexibility index (Phi) is 2.57. The molecule has 0 aromatic rings. The molecule has 0 saturated heterocycles. The second-order valence-corrected chi connectivity index (χ2v) is 2.93. The molecule has 0 saturated carbocycles. The van der Waals surface area contributed by atoms with Gasteiger partial charge in [0.25, 0.3) is 0 Å². The van der Waals surface area contributed by atoms with E-state index in [0.717, 1.165) is 0 Å². The van der Waals surface area contributed by atoms with Crippen LogP contribution in [-0.4, -0.2) is 50.6 Å². The van der Waals surface area contributed by atoms with Gasteiger partial charge in [-0.1, -0.05) is 0 Å². The van der Waals surface area contributed by atoms with Crippen molar-refractivity contribution in [1.29, 1.82) is 0 Å². The van der Waals surface area contributed by atoms with Crippen LogP contribution < -0.4 is 0 Å². The Bertz CT molecular complexity index is 288. The van der Waals surface area contributed by atoms with Crippen molar-refractivity contribution in [2.24, 2.45) is 0 Å². The molecule has 5 nitrogen and oxygen atoms in total. The van der Waals surface area contributed by atoms with Gasteiger partial charge in [-0.15, -0.1) is 0 Å².